The predicted molar refractivity (Wildman–Crippen MR) is 113 cm³/mol. The van der Waals surface area contributed by atoms with E-state index in [1.807, 2.05) is 47.5 Å². The monoisotopic (exact) mass is 404 g/mol. The standard InChI is InChI=1S/C23H24N4O3/c28-22-6-2-12-26(22)17-18-7-9-19(10-8-18)23(29)25-20-4-1-5-21(16-20)30-15-14-27-13-3-11-24-27/h1,3-5,7-11,13,16H,2,6,12,14-15,17H2,(H,25,29). The Morgan fingerprint density at radius 2 is 2.00 bits per heavy atom. The number of nitrogens with one attached hydrogen (secondary N) is 1. The van der Waals surface area contributed by atoms with Crippen molar-refractivity contribution in [2.45, 2.75) is 25.9 Å². The first-order chi connectivity index (χ1) is 14.7. The van der Waals surface area contributed by atoms with Crippen LogP contribution in [0.1, 0.15) is 28.8 Å². The number of nitrogens with zero attached hydrogens (tertiary/aromatic N) is 3. The van der Waals surface area contributed by atoms with Gasteiger partial charge in [-0.25, -0.2) is 0 Å². The van der Waals surface area contributed by atoms with Crippen LogP contribution in [-0.4, -0.2) is 39.6 Å². The van der Waals surface area contributed by atoms with Crippen LogP contribution >= 0.6 is 0 Å². The molecule has 2 amide bonds. The molecule has 1 saturated heterocycles. The van der Waals surface area contributed by atoms with Crippen molar-refractivity contribution < 1.29 is 14.3 Å². The van der Waals surface area contributed by atoms with Crippen molar-refractivity contribution in [3.63, 3.8) is 0 Å². The third kappa shape index (κ3) is 5.05. The van der Waals surface area contributed by atoms with Crippen LogP contribution in [0.3, 0.4) is 0 Å². The average Bonchev–Trinajstić information content (AvgIpc) is 3.41. The number of benzene rings is 2. The molecule has 1 fully saturated rings. The Kier molecular flexibility index (Phi) is 6.08. The van der Waals surface area contributed by atoms with Gasteiger partial charge in [-0.2, -0.15) is 5.10 Å². The third-order valence-electron chi connectivity index (χ3n) is 5.00. The Morgan fingerprint density at radius 3 is 2.73 bits per heavy atom. The number of likely N-dealkylation sites (tertiary alicyclic amines) is 1. The number of hydrogen-bond donors (Lipinski definition) is 1. The molecular formula is C23H24N4O3. The molecule has 4 rings (SSSR count). The zero-order valence-electron chi connectivity index (χ0n) is 16.7. The first-order valence-electron chi connectivity index (χ1n) is 10.1. The Morgan fingerprint density at radius 1 is 1.13 bits per heavy atom. The molecule has 1 N–H and O–H groups in total. The van der Waals surface area contributed by atoms with E-state index in [9.17, 15) is 9.59 Å². The van der Waals surface area contributed by atoms with Crippen LogP contribution in [0.2, 0.25) is 0 Å². The van der Waals surface area contributed by atoms with Crippen LogP contribution in [0.25, 0.3) is 0 Å². The summed E-state index contributed by atoms with van der Waals surface area (Å²) in [4.78, 5) is 26.2. The van der Waals surface area contributed by atoms with Crippen molar-refractivity contribution in [1.29, 1.82) is 0 Å². The smallest absolute Gasteiger partial charge is 0.255 e. The molecule has 1 aromatic heterocycles. The minimum Gasteiger partial charge on any atom is -0.492 e. The highest BCUT2D eigenvalue weighted by Gasteiger charge is 2.20. The van der Waals surface area contributed by atoms with Gasteiger partial charge in [-0.05, 0) is 42.3 Å². The van der Waals surface area contributed by atoms with Crippen molar-refractivity contribution in [2.75, 3.05) is 18.5 Å². The molecule has 3 aromatic rings. The summed E-state index contributed by atoms with van der Waals surface area (Å²) in [6.07, 6.45) is 5.17. The number of rotatable bonds is 8. The molecule has 154 valence electrons. The summed E-state index contributed by atoms with van der Waals surface area (Å²) in [5.41, 5.74) is 2.26. The summed E-state index contributed by atoms with van der Waals surface area (Å²) in [6.45, 7) is 2.54. The van der Waals surface area contributed by atoms with E-state index < -0.39 is 0 Å². The average molecular weight is 404 g/mol. The van der Waals surface area contributed by atoms with Crippen molar-refractivity contribution in [3.05, 3.63) is 78.1 Å². The number of ether oxygens (including phenoxy) is 1. The van der Waals surface area contributed by atoms with E-state index in [0.717, 1.165) is 18.5 Å². The van der Waals surface area contributed by atoms with Crippen LogP contribution in [-0.2, 0) is 17.9 Å². The molecular weight excluding hydrogens is 380 g/mol. The van der Waals surface area contributed by atoms with E-state index in [0.29, 0.717) is 43.1 Å². The highest BCUT2D eigenvalue weighted by atomic mass is 16.5. The van der Waals surface area contributed by atoms with Crippen LogP contribution in [0.4, 0.5) is 5.69 Å². The van der Waals surface area contributed by atoms with Gasteiger partial charge in [0.2, 0.25) is 5.91 Å². The van der Waals surface area contributed by atoms with Gasteiger partial charge < -0.3 is 15.0 Å². The van der Waals surface area contributed by atoms with Crippen LogP contribution in [0.5, 0.6) is 5.75 Å². The van der Waals surface area contributed by atoms with E-state index in [4.69, 9.17) is 4.74 Å². The lowest BCUT2D eigenvalue weighted by atomic mass is 10.1. The fraction of sp³-hybridized carbons (Fsp3) is 0.261. The van der Waals surface area contributed by atoms with Gasteiger partial charge in [0.05, 0.1) is 6.54 Å². The van der Waals surface area contributed by atoms with E-state index in [1.54, 1.807) is 29.1 Å². The second-order valence-corrected chi connectivity index (χ2v) is 7.22. The quantitative estimate of drug-likeness (QED) is 0.625. The molecule has 1 aliphatic heterocycles. The number of carbonyl (C=O) groups is 2. The molecule has 30 heavy (non-hydrogen) atoms. The van der Waals surface area contributed by atoms with Crippen molar-refractivity contribution in [3.8, 4) is 5.75 Å². The fourth-order valence-electron chi connectivity index (χ4n) is 3.41. The third-order valence-corrected chi connectivity index (χ3v) is 5.00. The first-order valence-corrected chi connectivity index (χ1v) is 10.1. The summed E-state index contributed by atoms with van der Waals surface area (Å²) in [6, 6.07) is 16.6. The van der Waals surface area contributed by atoms with Crippen LogP contribution < -0.4 is 10.1 Å². The number of carbonyl (C=O) groups excluding carboxylic acids is 2. The predicted octanol–water partition coefficient (Wildman–Crippen LogP) is 3.34. The number of anilines is 1. The maximum atomic E-state index is 12.6. The van der Waals surface area contributed by atoms with E-state index in [-0.39, 0.29) is 11.8 Å². The normalized spacial score (nSPS) is 13.5. The van der Waals surface area contributed by atoms with E-state index in [1.165, 1.54) is 0 Å². The van der Waals surface area contributed by atoms with Gasteiger partial charge in [-0.1, -0.05) is 18.2 Å². The van der Waals surface area contributed by atoms with Crippen molar-refractivity contribution in [1.82, 2.24) is 14.7 Å². The lowest BCUT2D eigenvalue weighted by Crippen LogP contribution is -2.23. The Bertz CT molecular complexity index is 1000. The van der Waals surface area contributed by atoms with Gasteiger partial charge in [0, 0.05) is 49.2 Å². The van der Waals surface area contributed by atoms with E-state index >= 15 is 0 Å². The molecule has 0 bridgehead atoms. The van der Waals surface area contributed by atoms with Crippen LogP contribution in [0.15, 0.2) is 67.0 Å². The summed E-state index contributed by atoms with van der Waals surface area (Å²) < 4.78 is 7.55. The highest BCUT2D eigenvalue weighted by molar-refractivity contribution is 6.04. The second-order valence-electron chi connectivity index (χ2n) is 7.22. The van der Waals surface area contributed by atoms with Crippen LogP contribution in [0, 0.1) is 0 Å². The van der Waals surface area contributed by atoms with Gasteiger partial charge in [0.1, 0.15) is 12.4 Å². The molecule has 0 unspecified atom stereocenters. The molecule has 0 radical (unpaired) electrons. The summed E-state index contributed by atoms with van der Waals surface area (Å²) in [7, 11) is 0. The second kappa shape index (κ2) is 9.26. The summed E-state index contributed by atoms with van der Waals surface area (Å²) in [5.74, 6) is 0.696. The summed E-state index contributed by atoms with van der Waals surface area (Å²) in [5, 5.41) is 7.04. The number of hydrogen-bond acceptors (Lipinski definition) is 4. The molecule has 0 aliphatic carbocycles. The van der Waals surface area contributed by atoms with Gasteiger partial charge in [0.25, 0.3) is 5.91 Å². The molecule has 2 aromatic carbocycles. The molecule has 0 spiro atoms. The van der Waals surface area contributed by atoms with Gasteiger partial charge in [-0.15, -0.1) is 0 Å². The molecule has 7 heteroatoms. The highest BCUT2D eigenvalue weighted by Crippen LogP contribution is 2.19. The minimum atomic E-state index is -0.188. The largest absolute Gasteiger partial charge is 0.492 e. The molecule has 1 aliphatic rings. The van der Waals surface area contributed by atoms with Gasteiger partial charge >= 0.3 is 0 Å². The molecule has 0 atom stereocenters. The number of aromatic nitrogens is 2. The molecule has 7 nitrogen and oxygen atoms in total. The summed E-state index contributed by atoms with van der Waals surface area (Å²) >= 11 is 0. The minimum absolute atomic E-state index is 0.188. The zero-order valence-corrected chi connectivity index (χ0v) is 16.7. The Labute approximate surface area is 175 Å². The number of amides is 2. The fourth-order valence-corrected chi connectivity index (χ4v) is 3.41. The SMILES string of the molecule is O=C(Nc1cccc(OCCn2cccn2)c1)c1ccc(CN2CCCC2=O)cc1. The lowest BCUT2D eigenvalue weighted by Gasteiger charge is -2.15. The first kappa shape index (κ1) is 19.7. The molecule has 2 heterocycles. The molecule has 0 saturated carbocycles. The maximum absolute atomic E-state index is 12.6. The zero-order chi connectivity index (χ0) is 20.8. The topological polar surface area (TPSA) is 76.5 Å². The van der Waals surface area contributed by atoms with Crippen molar-refractivity contribution in [2.24, 2.45) is 0 Å². The Hall–Kier alpha value is -3.61. The lowest BCUT2D eigenvalue weighted by molar-refractivity contribution is -0.128. The van der Waals surface area contributed by atoms with E-state index in [2.05, 4.69) is 10.4 Å². The van der Waals surface area contributed by atoms with Gasteiger partial charge in [0.15, 0.2) is 0 Å². The Balaban J connectivity index is 1.31. The van der Waals surface area contributed by atoms with Gasteiger partial charge in [-0.3, -0.25) is 14.3 Å². The maximum Gasteiger partial charge on any atom is 0.255 e. The van der Waals surface area contributed by atoms with Crippen molar-refractivity contribution >= 4 is 17.5 Å².